The van der Waals surface area contributed by atoms with Crippen molar-refractivity contribution < 1.29 is 0 Å². The minimum absolute atomic E-state index is 0.0741. The van der Waals surface area contributed by atoms with Crippen molar-refractivity contribution in [3.63, 3.8) is 0 Å². The molecule has 2 aliphatic carbocycles. The molecule has 0 aromatic heterocycles. The van der Waals surface area contributed by atoms with Crippen LogP contribution in [0.15, 0.2) is 200 Å². The van der Waals surface area contributed by atoms with E-state index in [0.29, 0.717) is 0 Å². The van der Waals surface area contributed by atoms with Gasteiger partial charge in [-0.15, -0.1) is 0 Å². The number of anilines is 2. The molecule has 55 heavy (non-hydrogen) atoms. The van der Waals surface area contributed by atoms with Crippen molar-refractivity contribution in [3.8, 4) is 11.1 Å². The highest BCUT2D eigenvalue weighted by Gasteiger charge is 2.46. The zero-order chi connectivity index (χ0) is 37.4. The van der Waals surface area contributed by atoms with E-state index in [1.807, 2.05) is 0 Å². The Morgan fingerprint density at radius 3 is 1.69 bits per heavy atom. The van der Waals surface area contributed by atoms with Gasteiger partial charge in [0.05, 0.1) is 5.41 Å². The summed E-state index contributed by atoms with van der Waals surface area (Å²) >= 11 is 0. The quantitative estimate of drug-likeness (QED) is 0.135. The first-order chi connectivity index (χ1) is 27.0. The van der Waals surface area contributed by atoms with Gasteiger partial charge in [-0.3, -0.25) is 0 Å². The molecule has 1 nitrogen and oxygen atoms in total. The molecule has 0 spiro atoms. The molecule has 0 amide bonds. The van der Waals surface area contributed by atoms with E-state index in [4.69, 9.17) is 0 Å². The van der Waals surface area contributed by atoms with Crippen molar-refractivity contribution in [2.24, 2.45) is 0 Å². The molecule has 0 saturated carbocycles. The maximum absolute atomic E-state index is 2.41. The lowest BCUT2D eigenvalue weighted by molar-refractivity contribution is 0.639. The Labute approximate surface area is 326 Å². The van der Waals surface area contributed by atoms with Gasteiger partial charge in [0.1, 0.15) is 0 Å². The lowest BCUT2D eigenvalue weighted by Crippen LogP contribution is -2.28. The summed E-state index contributed by atoms with van der Waals surface area (Å²) in [5.41, 5.74) is 17.6. The van der Waals surface area contributed by atoms with E-state index in [1.54, 1.807) is 0 Å². The Balaban J connectivity index is 1.06. The van der Waals surface area contributed by atoms with Crippen LogP contribution >= 0.6 is 0 Å². The van der Waals surface area contributed by atoms with Gasteiger partial charge in [-0.1, -0.05) is 201 Å². The SMILES string of the molecule is CC1=C(/C=C\CN(c2ccccc2)c2ccccc2)c2ccc(/C=C/c3cccc4c3-c3ccccc3C4(c3ccccc3)c3ccccc3)cc2C1(C)C. The molecule has 0 N–H and O–H groups in total. The van der Waals surface area contributed by atoms with E-state index in [9.17, 15) is 0 Å². The van der Waals surface area contributed by atoms with Crippen LogP contribution in [-0.4, -0.2) is 6.54 Å². The normalized spacial score (nSPS) is 15.0. The third kappa shape index (κ3) is 5.79. The van der Waals surface area contributed by atoms with E-state index in [-0.39, 0.29) is 5.41 Å². The molecule has 266 valence electrons. The van der Waals surface area contributed by atoms with Crippen LogP contribution in [0.3, 0.4) is 0 Å². The van der Waals surface area contributed by atoms with Crippen LogP contribution in [0, 0.1) is 0 Å². The Bertz CT molecular complexity index is 2500. The molecule has 2 aliphatic rings. The van der Waals surface area contributed by atoms with Crippen LogP contribution in [0.1, 0.15) is 65.3 Å². The average molecular weight is 708 g/mol. The number of hydrogen-bond acceptors (Lipinski definition) is 1. The molecule has 0 radical (unpaired) electrons. The minimum atomic E-state index is -0.401. The molecule has 7 aromatic rings. The Morgan fingerprint density at radius 2 is 1.05 bits per heavy atom. The molecular formula is C54H45N. The van der Waals surface area contributed by atoms with E-state index in [1.165, 1.54) is 78.2 Å². The second-order valence-corrected chi connectivity index (χ2v) is 15.3. The maximum Gasteiger partial charge on any atom is 0.0713 e. The van der Waals surface area contributed by atoms with Crippen molar-refractivity contribution in [2.75, 3.05) is 11.4 Å². The fourth-order valence-corrected chi connectivity index (χ4v) is 9.07. The first kappa shape index (κ1) is 34.3. The van der Waals surface area contributed by atoms with Crippen LogP contribution < -0.4 is 4.90 Å². The van der Waals surface area contributed by atoms with Gasteiger partial charge in [0, 0.05) is 23.3 Å². The van der Waals surface area contributed by atoms with Gasteiger partial charge in [0.2, 0.25) is 0 Å². The molecule has 0 heterocycles. The van der Waals surface area contributed by atoms with Gasteiger partial charge >= 0.3 is 0 Å². The molecule has 1 heteroatoms. The van der Waals surface area contributed by atoms with Crippen LogP contribution in [0.5, 0.6) is 0 Å². The number of allylic oxidation sites excluding steroid dienone is 3. The Kier molecular flexibility index (Phi) is 8.79. The lowest BCUT2D eigenvalue weighted by atomic mass is 9.67. The zero-order valence-corrected chi connectivity index (χ0v) is 31.8. The molecule has 0 unspecified atom stereocenters. The topological polar surface area (TPSA) is 3.24 Å². The van der Waals surface area contributed by atoms with Crippen LogP contribution in [0.25, 0.3) is 28.9 Å². The monoisotopic (exact) mass is 707 g/mol. The van der Waals surface area contributed by atoms with Gasteiger partial charge in [-0.2, -0.15) is 0 Å². The van der Waals surface area contributed by atoms with E-state index in [0.717, 1.165) is 6.54 Å². The van der Waals surface area contributed by atoms with Crippen LogP contribution in [0.4, 0.5) is 11.4 Å². The van der Waals surface area contributed by atoms with Crippen molar-refractivity contribution in [3.05, 3.63) is 244 Å². The fraction of sp³-hybridized carbons (Fsp3) is 0.111. The third-order valence-corrected chi connectivity index (χ3v) is 12.0. The maximum atomic E-state index is 2.41. The number of benzene rings is 7. The van der Waals surface area contributed by atoms with Crippen LogP contribution in [-0.2, 0) is 10.8 Å². The largest absolute Gasteiger partial charge is 0.338 e. The molecule has 0 aliphatic heterocycles. The van der Waals surface area contributed by atoms with Crippen molar-refractivity contribution in [2.45, 2.75) is 31.6 Å². The van der Waals surface area contributed by atoms with Gasteiger partial charge < -0.3 is 4.90 Å². The van der Waals surface area contributed by atoms with Crippen LogP contribution in [0.2, 0.25) is 0 Å². The smallest absolute Gasteiger partial charge is 0.0713 e. The first-order valence-corrected chi connectivity index (χ1v) is 19.4. The van der Waals surface area contributed by atoms with Crippen molar-refractivity contribution in [1.82, 2.24) is 0 Å². The number of nitrogens with zero attached hydrogens (tertiary/aromatic N) is 1. The summed E-state index contributed by atoms with van der Waals surface area (Å²) in [6.45, 7) is 7.81. The van der Waals surface area contributed by atoms with Gasteiger partial charge in [0.25, 0.3) is 0 Å². The molecule has 9 rings (SSSR count). The van der Waals surface area contributed by atoms with E-state index < -0.39 is 5.41 Å². The van der Waals surface area contributed by atoms with Crippen molar-refractivity contribution in [1.29, 1.82) is 0 Å². The second kappa shape index (κ2) is 14.1. The zero-order valence-electron chi connectivity index (χ0n) is 31.8. The second-order valence-electron chi connectivity index (χ2n) is 15.3. The minimum Gasteiger partial charge on any atom is -0.338 e. The third-order valence-electron chi connectivity index (χ3n) is 12.0. The van der Waals surface area contributed by atoms with Crippen molar-refractivity contribution >= 4 is 29.1 Å². The lowest BCUT2D eigenvalue weighted by Gasteiger charge is -2.33. The standard InChI is InChI=1S/C54H45N/c1-39-46(30-19-37-55(44-25-12-6-13-26-44)45-27-14-7-15-28-45)47-36-34-40(38-51(47)53(39,2)3)33-35-41-20-18-32-50-52(41)48-29-16-17-31-49(48)54(50,42-21-8-4-9-22-42)43-23-10-5-11-24-43/h4-36,38H,37H2,1-3H3/b30-19-,35-33+. The summed E-state index contributed by atoms with van der Waals surface area (Å²) in [7, 11) is 0. The van der Waals surface area contributed by atoms with Gasteiger partial charge in [-0.05, 0) is 92.4 Å². The van der Waals surface area contributed by atoms with E-state index >= 15 is 0 Å². The Morgan fingerprint density at radius 1 is 0.491 bits per heavy atom. The predicted octanol–water partition coefficient (Wildman–Crippen LogP) is 13.7. The highest BCUT2D eigenvalue weighted by atomic mass is 15.1. The predicted molar refractivity (Wildman–Crippen MR) is 234 cm³/mol. The molecule has 0 bridgehead atoms. The summed E-state index contributed by atoms with van der Waals surface area (Å²) in [5, 5.41) is 0. The highest BCUT2D eigenvalue weighted by Crippen LogP contribution is 2.57. The summed E-state index contributed by atoms with van der Waals surface area (Å²) < 4.78 is 0. The summed E-state index contributed by atoms with van der Waals surface area (Å²) in [6, 6.07) is 66.2. The van der Waals surface area contributed by atoms with E-state index in [2.05, 4.69) is 232 Å². The summed E-state index contributed by atoms with van der Waals surface area (Å²) in [5.74, 6) is 0. The number of hydrogen-bond donors (Lipinski definition) is 0. The Hall–Kier alpha value is -6.44. The molecule has 0 atom stereocenters. The molecule has 7 aromatic carbocycles. The summed E-state index contributed by atoms with van der Waals surface area (Å²) in [6.07, 6.45) is 9.29. The van der Waals surface area contributed by atoms with Gasteiger partial charge in [-0.25, -0.2) is 0 Å². The number of rotatable bonds is 9. The number of fused-ring (bicyclic) bond motifs is 4. The number of para-hydroxylation sites is 2. The molecule has 0 saturated heterocycles. The molecular weight excluding hydrogens is 663 g/mol. The highest BCUT2D eigenvalue weighted by molar-refractivity contribution is 5.93. The summed E-state index contributed by atoms with van der Waals surface area (Å²) in [4.78, 5) is 2.36. The molecule has 0 fully saturated rings. The first-order valence-electron chi connectivity index (χ1n) is 19.4. The fourth-order valence-electron chi connectivity index (χ4n) is 9.07. The van der Waals surface area contributed by atoms with Gasteiger partial charge in [0.15, 0.2) is 0 Å². The average Bonchev–Trinajstić information content (AvgIpc) is 3.65.